The second-order valence-corrected chi connectivity index (χ2v) is 5.83. The minimum atomic E-state index is -1.08. The van der Waals surface area contributed by atoms with E-state index in [4.69, 9.17) is 9.15 Å². The maximum Gasteiger partial charge on any atom is 0.302 e. The van der Waals surface area contributed by atoms with Crippen LogP contribution in [0.2, 0.25) is 0 Å². The molecule has 0 saturated carbocycles. The van der Waals surface area contributed by atoms with Crippen molar-refractivity contribution in [3.05, 3.63) is 23.8 Å². The lowest BCUT2D eigenvalue weighted by Crippen LogP contribution is -2.12. The Morgan fingerprint density at radius 3 is 3.18 bits per heavy atom. The van der Waals surface area contributed by atoms with Gasteiger partial charge in [-0.05, 0) is 19.1 Å². The molecule has 0 aliphatic rings. The Bertz CT molecular complexity index is 441. The van der Waals surface area contributed by atoms with Gasteiger partial charge in [0.25, 0.3) is 0 Å². The van der Waals surface area contributed by atoms with E-state index in [0.29, 0.717) is 29.1 Å². The van der Waals surface area contributed by atoms with E-state index < -0.39 is 11.2 Å². The number of rotatable bonds is 6. The van der Waals surface area contributed by atoms with Crippen LogP contribution in [0.15, 0.2) is 32.5 Å². The highest BCUT2D eigenvalue weighted by Crippen LogP contribution is 2.25. The van der Waals surface area contributed by atoms with Crippen molar-refractivity contribution in [2.45, 2.75) is 11.3 Å². The van der Waals surface area contributed by atoms with Crippen LogP contribution in [0, 0.1) is 0 Å². The van der Waals surface area contributed by atoms with E-state index in [0.717, 1.165) is 5.69 Å². The van der Waals surface area contributed by atoms with Gasteiger partial charge >= 0.3 is 4.34 Å². The fraction of sp³-hybridized carbons (Fsp3) is 0.364. The van der Waals surface area contributed by atoms with Crippen molar-refractivity contribution >= 4 is 22.5 Å². The zero-order valence-corrected chi connectivity index (χ0v) is 11.1. The van der Waals surface area contributed by atoms with Gasteiger partial charge in [-0.1, -0.05) is 11.3 Å². The largest absolute Gasteiger partial charge is 0.609 e. The fourth-order valence-corrected chi connectivity index (χ4v) is 3.27. The zero-order valence-electron chi connectivity index (χ0n) is 9.42. The number of aromatic nitrogens is 1. The van der Waals surface area contributed by atoms with E-state index in [2.05, 4.69) is 4.98 Å². The van der Waals surface area contributed by atoms with E-state index in [1.165, 1.54) is 11.3 Å². The lowest BCUT2D eigenvalue weighted by Gasteiger charge is -2.06. The summed E-state index contributed by atoms with van der Waals surface area (Å²) < 4.78 is 22.9. The summed E-state index contributed by atoms with van der Waals surface area (Å²) in [6.07, 6.45) is 1.60. The molecule has 0 aromatic carbocycles. The van der Waals surface area contributed by atoms with Crippen molar-refractivity contribution in [1.82, 2.24) is 4.98 Å². The molecule has 2 rings (SSSR count). The molecule has 0 fully saturated rings. The van der Waals surface area contributed by atoms with Gasteiger partial charge in [0.05, 0.1) is 12.9 Å². The van der Waals surface area contributed by atoms with Crippen LogP contribution in [0.3, 0.4) is 0 Å². The van der Waals surface area contributed by atoms with Crippen molar-refractivity contribution in [1.29, 1.82) is 0 Å². The van der Waals surface area contributed by atoms with Crippen molar-refractivity contribution in [3.8, 4) is 11.5 Å². The average Bonchev–Trinajstić information content (AvgIpc) is 3.00. The van der Waals surface area contributed by atoms with Gasteiger partial charge < -0.3 is 13.7 Å². The Morgan fingerprint density at radius 2 is 2.47 bits per heavy atom. The fourth-order valence-electron chi connectivity index (χ4n) is 1.27. The smallest absolute Gasteiger partial charge is 0.302 e. The number of hydrogen-bond donors (Lipinski definition) is 0. The third-order valence-corrected chi connectivity index (χ3v) is 4.57. The van der Waals surface area contributed by atoms with E-state index in [9.17, 15) is 4.55 Å². The molecule has 4 nitrogen and oxygen atoms in total. The predicted molar refractivity (Wildman–Crippen MR) is 67.6 cm³/mol. The molecule has 17 heavy (non-hydrogen) atoms. The van der Waals surface area contributed by atoms with Crippen molar-refractivity contribution in [2.24, 2.45) is 0 Å². The van der Waals surface area contributed by atoms with Gasteiger partial charge in [-0.3, -0.25) is 0 Å². The molecule has 2 aromatic rings. The van der Waals surface area contributed by atoms with Gasteiger partial charge in [0.15, 0.2) is 5.76 Å². The van der Waals surface area contributed by atoms with Gasteiger partial charge in [0, 0.05) is 23.2 Å². The third kappa shape index (κ3) is 3.32. The molecule has 0 saturated heterocycles. The zero-order chi connectivity index (χ0) is 12.1. The highest BCUT2D eigenvalue weighted by atomic mass is 32.2. The van der Waals surface area contributed by atoms with E-state index in [1.54, 1.807) is 12.3 Å². The van der Waals surface area contributed by atoms with Gasteiger partial charge in [-0.2, -0.15) is 4.98 Å². The summed E-state index contributed by atoms with van der Waals surface area (Å²) in [5, 5.41) is 1.85. The summed E-state index contributed by atoms with van der Waals surface area (Å²) in [6.45, 7) is 3.06. The van der Waals surface area contributed by atoms with Crippen LogP contribution in [-0.4, -0.2) is 28.5 Å². The maximum absolute atomic E-state index is 11.9. The summed E-state index contributed by atoms with van der Waals surface area (Å²) in [5.41, 5.74) is 0.736. The van der Waals surface area contributed by atoms with Crippen molar-refractivity contribution in [3.63, 3.8) is 0 Å². The Morgan fingerprint density at radius 1 is 1.59 bits per heavy atom. The lowest BCUT2D eigenvalue weighted by atomic mass is 10.4. The van der Waals surface area contributed by atoms with Crippen molar-refractivity contribution in [2.75, 3.05) is 19.0 Å². The minimum absolute atomic E-state index is 0.485. The molecule has 2 aromatic heterocycles. The summed E-state index contributed by atoms with van der Waals surface area (Å²) in [7, 11) is 0. The molecule has 92 valence electrons. The molecule has 2 heterocycles. The standard InChI is InChI=1S/C11H13NO3S2/c1-2-14-6-7-17(13)11-12-9(8-16-11)10-4-3-5-15-10/h3-5,8H,2,6-7H2,1H3. The summed E-state index contributed by atoms with van der Waals surface area (Å²) in [5.74, 6) is 1.19. The summed E-state index contributed by atoms with van der Waals surface area (Å²) >= 11 is 0.302. The van der Waals surface area contributed by atoms with Gasteiger partial charge in [-0.15, -0.1) is 0 Å². The van der Waals surface area contributed by atoms with Gasteiger partial charge in [-0.25, -0.2) is 0 Å². The van der Waals surface area contributed by atoms with E-state index in [1.807, 2.05) is 18.4 Å². The molecule has 0 aliphatic heterocycles. The maximum atomic E-state index is 11.9. The topological polar surface area (TPSA) is 58.3 Å². The van der Waals surface area contributed by atoms with Crippen LogP contribution < -0.4 is 0 Å². The molecule has 0 N–H and O–H groups in total. The van der Waals surface area contributed by atoms with Gasteiger partial charge in [0.1, 0.15) is 11.4 Å². The van der Waals surface area contributed by atoms with Gasteiger partial charge in [0.2, 0.25) is 0 Å². The molecule has 1 atom stereocenters. The second kappa shape index (κ2) is 6.20. The number of thiazole rings is 1. The summed E-state index contributed by atoms with van der Waals surface area (Å²) in [6, 6.07) is 3.64. The molecular formula is C11H13NO3S2. The Labute approximate surface area is 107 Å². The molecule has 1 unspecified atom stereocenters. The predicted octanol–water partition coefficient (Wildman–Crippen LogP) is 2.55. The lowest BCUT2D eigenvalue weighted by molar-refractivity contribution is 0.163. The molecular weight excluding hydrogens is 258 g/mol. The average molecular weight is 271 g/mol. The molecule has 0 amide bonds. The monoisotopic (exact) mass is 271 g/mol. The third-order valence-electron chi connectivity index (χ3n) is 2.07. The second-order valence-electron chi connectivity index (χ2n) is 3.22. The van der Waals surface area contributed by atoms with Crippen molar-refractivity contribution < 1.29 is 13.7 Å². The Kier molecular flexibility index (Phi) is 4.61. The summed E-state index contributed by atoms with van der Waals surface area (Å²) in [4.78, 5) is 4.30. The molecule has 0 radical (unpaired) electrons. The van der Waals surface area contributed by atoms with E-state index in [-0.39, 0.29) is 0 Å². The normalized spacial score (nSPS) is 12.8. The first kappa shape index (κ1) is 12.6. The van der Waals surface area contributed by atoms with Crippen LogP contribution in [0.1, 0.15) is 6.92 Å². The van der Waals surface area contributed by atoms with Crippen LogP contribution in [-0.2, 0) is 15.9 Å². The van der Waals surface area contributed by atoms with Crippen LogP contribution in [0.25, 0.3) is 11.5 Å². The Hall–Kier alpha value is -0.820. The van der Waals surface area contributed by atoms with E-state index >= 15 is 0 Å². The number of furan rings is 1. The van der Waals surface area contributed by atoms with Crippen LogP contribution in [0.5, 0.6) is 0 Å². The molecule has 0 spiro atoms. The number of nitrogens with zero attached hydrogens (tertiary/aromatic N) is 1. The van der Waals surface area contributed by atoms with Crippen LogP contribution >= 0.6 is 11.3 Å². The first-order valence-electron chi connectivity index (χ1n) is 5.26. The molecule has 6 heteroatoms. The first-order valence-corrected chi connectivity index (χ1v) is 7.46. The van der Waals surface area contributed by atoms with Crippen LogP contribution in [0.4, 0.5) is 0 Å². The Balaban J connectivity index is 1.98. The SMILES string of the molecule is CCOCC[S+]([O-])c1nc(-c2ccco2)cs1. The highest BCUT2D eigenvalue weighted by Gasteiger charge is 2.17. The molecule has 0 bridgehead atoms. The quantitative estimate of drug-likeness (QED) is 0.598. The molecule has 0 aliphatic carbocycles. The number of ether oxygens (including phenoxy) is 1. The minimum Gasteiger partial charge on any atom is -0.609 e. The highest BCUT2D eigenvalue weighted by molar-refractivity contribution is 7.93. The first-order chi connectivity index (χ1) is 8.31. The number of hydrogen-bond acceptors (Lipinski definition) is 5.